The summed E-state index contributed by atoms with van der Waals surface area (Å²) in [4.78, 5) is 22.2. The van der Waals surface area contributed by atoms with E-state index in [-0.39, 0.29) is 11.7 Å². The van der Waals surface area contributed by atoms with Gasteiger partial charge in [0.15, 0.2) is 0 Å². The van der Waals surface area contributed by atoms with Crippen LogP contribution in [0.15, 0.2) is 0 Å². The van der Waals surface area contributed by atoms with Gasteiger partial charge >= 0.3 is 5.97 Å². The van der Waals surface area contributed by atoms with Crippen LogP contribution < -0.4 is 0 Å². The maximum Gasteiger partial charge on any atom is 0.316 e. The Morgan fingerprint density at radius 1 is 1.77 bits per heavy atom. The number of ketones is 1. The van der Waals surface area contributed by atoms with Crippen LogP contribution in [0, 0.1) is 24.2 Å². The van der Waals surface area contributed by atoms with E-state index in [1.807, 2.05) is 0 Å². The SMILES string of the molecule is C#CCCC1COC(=O)C1C(C)=O. The minimum Gasteiger partial charge on any atom is -0.465 e. The molecule has 0 bridgehead atoms. The summed E-state index contributed by atoms with van der Waals surface area (Å²) in [6.45, 7) is 1.75. The lowest BCUT2D eigenvalue weighted by Crippen LogP contribution is -2.23. The molecule has 0 aliphatic carbocycles. The van der Waals surface area contributed by atoms with E-state index in [0.29, 0.717) is 19.4 Å². The summed E-state index contributed by atoms with van der Waals surface area (Å²) in [7, 11) is 0. The predicted molar refractivity (Wildman–Crippen MR) is 46.7 cm³/mol. The smallest absolute Gasteiger partial charge is 0.316 e. The standard InChI is InChI=1S/C10H12O3/c1-3-4-5-8-6-13-10(12)9(8)7(2)11/h1,8-9H,4-6H2,2H3. The van der Waals surface area contributed by atoms with Crippen molar-refractivity contribution >= 4 is 11.8 Å². The van der Waals surface area contributed by atoms with Gasteiger partial charge in [-0.05, 0) is 13.3 Å². The van der Waals surface area contributed by atoms with Gasteiger partial charge < -0.3 is 4.74 Å². The number of cyclic esters (lactones) is 1. The molecule has 1 aliphatic heterocycles. The van der Waals surface area contributed by atoms with Gasteiger partial charge in [0.25, 0.3) is 0 Å². The summed E-state index contributed by atoms with van der Waals surface area (Å²) in [6, 6.07) is 0. The summed E-state index contributed by atoms with van der Waals surface area (Å²) >= 11 is 0. The average molecular weight is 180 g/mol. The van der Waals surface area contributed by atoms with Crippen LogP contribution in [0.25, 0.3) is 0 Å². The second kappa shape index (κ2) is 4.08. The topological polar surface area (TPSA) is 43.4 Å². The maximum atomic E-state index is 11.1. The largest absolute Gasteiger partial charge is 0.465 e. The van der Waals surface area contributed by atoms with Gasteiger partial charge in [-0.2, -0.15) is 0 Å². The molecule has 3 heteroatoms. The zero-order chi connectivity index (χ0) is 9.84. The molecule has 70 valence electrons. The molecular formula is C10H12O3. The molecule has 1 aliphatic rings. The third-order valence-corrected chi connectivity index (χ3v) is 2.26. The van der Waals surface area contributed by atoms with Crippen LogP contribution >= 0.6 is 0 Å². The Balaban J connectivity index is 2.60. The Hall–Kier alpha value is -1.30. The molecule has 1 fully saturated rings. The lowest BCUT2D eigenvalue weighted by atomic mass is 9.88. The zero-order valence-electron chi connectivity index (χ0n) is 7.58. The van der Waals surface area contributed by atoms with E-state index in [2.05, 4.69) is 5.92 Å². The normalized spacial score (nSPS) is 26.6. The highest BCUT2D eigenvalue weighted by atomic mass is 16.5. The van der Waals surface area contributed by atoms with Crippen LogP contribution in [0.4, 0.5) is 0 Å². The molecule has 0 radical (unpaired) electrons. The van der Waals surface area contributed by atoms with Crippen molar-refractivity contribution in [2.45, 2.75) is 19.8 Å². The van der Waals surface area contributed by atoms with E-state index in [0.717, 1.165) is 0 Å². The fourth-order valence-electron chi connectivity index (χ4n) is 1.58. The molecule has 0 spiro atoms. The Morgan fingerprint density at radius 3 is 3.00 bits per heavy atom. The minimum atomic E-state index is -0.576. The molecule has 2 unspecified atom stereocenters. The van der Waals surface area contributed by atoms with Gasteiger partial charge in [0.1, 0.15) is 11.7 Å². The highest BCUT2D eigenvalue weighted by Crippen LogP contribution is 2.26. The number of hydrogen-bond donors (Lipinski definition) is 0. The molecule has 13 heavy (non-hydrogen) atoms. The molecule has 2 atom stereocenters. The lowest BCUT2D eigenvalue weighted by molar-refractivity contribution is -0.144. The van der Waals surface area contributed by atoms with Crippen molar-refractivity contribution in [1.82, 2.24) is 0 Å². The summed E-state index contributed by atoms with van der Waals surface area (Å²) in [6.07, 6.45) is 6.38. The summed E-state index contributed by atoms with van der Waals surface area (Å²) < 4.78 is 4.81. The Kier molecular flexibility index (Phi) is 3.07. The highest BCUT2D eigenvalue weighted by Gasteiger charge is 2.39. The van der Waals surface area contributed by atoms with Crippen LogP contribution in [0.1, 0.15) is 19.8 Å². The van der Waals surface area contributed by atoms with E-state index in [4.69, 9.17) is 11.2 Å². The quantitative estimate of drug-likeness (QED) is 0.366. The van der Waals surface area contributed by atoms with Crippen molar-refractivity contribution < 1.29 is 14.3 Å². The Morgan fingerprint density at radius 2 is 2.46 bits per heavy atom. The second-order valence-corrected chi connectivity index (χ2v) is 3.22. The van der Waals surface area contributed by atoms with Crippen LogP contribution in [-0.4, -0.2) is 18.4 Å². The van der Waals surface area contributed by atoms with Gasteiger partial charge in [-0.1, -0.05) is 0 Å². The first-order valence-electron chi connectivity index (χ1n) is 4.27. The van der Waals surface area contributed by atoms with Gasteiger partial charge in [-0.3, -0.25) is 9.59 Å². The summed E-state index contributed by atoms with van der Waals surface area (Å²) in [5.74, 6) is 1.39. The summed E-state index contributed by atoms with van der Waals surface area (Å²) in [5, 5.41) is 0. The molecular weight excluding hydrogens is 168 g/mol. The van der Waals surface area contributed by atoms with Gasteiger partial charge in [-0.15, -0.1) is 12.3 Å². The van der Waals surface area contributed by atoms with Gasteiger partial charge in [0.05, 0.1) is 6.61 Å². The number of esters is 1. The van der Waals surface area contributed by atoms with Crippen LogP contribution in [0.5, 0.6) is 0 Å². The van der Waals surface area contributed by atoms with Crippen molar-refractivity contribution in [1.29, 1.82) is 0 Å². The molecule has 0 saturated carbocycles. The number of ether oxygens (including phenoxy) is 1. The van der Waals surface area contributed by atoms with Crippen molar-refractivity contribution in [3.8, 4) is 12.3 Å². The predicted octanol–water partition coefficient (Wildman–Crippen LogP) is 0.778. The Bertz CT molecular complexity index is 262. The average Bonchev–Trinajstić information content (AvgIpc) is 2.43. The maximum absolute atomic E-state index is 11.1. The molecule has 0 aromatic carbocycles. The molecule has 0 amide bonds. The monoisotopic (exact) mass is 180 g/mol. The van der Waals surface area contributed by atoms with E-state index >= 15 is 0 Å². The zero-order valence-corrected chi connectivity index (χ0v) is 7.58. The van der Waals surface area contributed by atoms with Crippen LogP contribution in [-0.2, 0) is 14.3 Å². The minimum absolute atomic E-state index is 0.0129. The Labute approximate surface area is 77.5 Å². The van der Waals surface area contributed by atoms with E-state index in [1.54, 1.807) is 0 Å². The first kappa shape index (κ1) is 9.79. The highest BCUT2D eigenvalue weighted by molar-refractivity contribution is 5.99. The number of carbonyl (C=O) groups excluding carboxylic acids is 2. The molecule has 1 saturated heterocycles. The van der Waals surface area contributed by atoms with Crippen molar-refractivity contribution in [3.05, 3.63) is 0 Å². The number of Topliss-reactive ketones (excluding diaryl/α,β-unsaturated/α-hetero) is 1. The van der Waals surface area contributed by atoms with Crippen molar-refractivity contribution in [2.75, 3.05) is 6.61 Å². The molecule has 0 aromatic heterocycles. The molecule has 1 heterocycles. The van der Waals surface area contributed by atoms with Crippen molar-refractivity contribution in [3.63, 3.8) is 0 Å². The van der Waals surface area contributed by atoms with Gasteiger partial charge in [-0.25, -0.2) is 0 Å². The molecule has 0 N–H and O–H groups in total. The molecule has 3 nitrogen and oxygen atoms in total. The van der Waals surface area contributed by atoms with E-state index in [9.17, 15) is 9.59 Å². The molecule has 0 aromatic rings. The number of carbonyl (C=O) groups is 2. The third kappa shape index (κ3) is 2.09. The van der Waals surface area contributed by atoms with Crippen LogP contribution in [0.3, 0.4) is 0 Å². The van der Waals surface area contributed by atoms with Crippen LogP contribution in [0.2, 0.25) is 0 Å². The van der Waals surface area contributed by atoms with Gasteiger partial charge in [0, 0.05) is 12.3 Å². The van der Waals surface area contributed by atoms with E-state index in [1.165, 1.54) is 6.92 Å². The first-order valence-corrected chi connectivity index (χ1v) is 4.27. The lowest BCUT2D eigenvalue weighted by Gasteiger charge is -2.09. The fraction of sp³-hybridized carbons (Fsp3) is 0.600. The van der Waals surface area contributed by atoms with Crippen molar-refractivity contribution in [2.24, 2.45) is 11.8 Å². The van der Waals surface area contributed by atoms with E-state index < -0.39 is 11.9 Å². The molecule has 1 rings (SSSR count). The summed E-state index contributed by atoms with van der Waals surface area (Å²) in [5.41, 5.74) is 0. The first-order chi connectivity index (χ1) is 6.16. The number of hydrogen-bond acceptors (Lipinski definition) is 3. The second-order valence-electron chi connectivity index (χ2n) is 3.22. The van der Waals surface area contributed by atoms with Gasteiger partial charge in [0.2, 0.25) is 0 Å². The third-order valence-electron chi connectivity index (χ3n) is 2.26. The fourth-order valence-corrected chi connectivity index (χ4v) is 1.58. The number of terminal acetylenes is 1. The number of rotatable bonds is 3.